The molecule has 7 heteroatoms. The van der Waals surface area contributed by atoms with E-state index in [0.717, 1.165) is 18.2 Å². The van der Waals surface area contributed by atoms with Crippen molar-refractivity contribution in [3.63, 3.8) is 0 Å². The van der Waals surface area contributed by atoms with Crippen LogP contribution in [-0.4, -0.2) is 25.2 Å². The van der Waals surface area contributed by atoms with Crippen molar-refractivity contribution in [2.24, 2.45) is 0 Å². The summed E-state index contributed by atoms with van der Waals surface area (Å²) in [7, 11) is 0. The first kappa shape index (κ1) is 14.6. The molecule has 0 bridgehead atoms. The van der Waals surface area contributed by atoms with Gasteiger partial charge in [0.15, 0.2) is 0 Å². The van der Waals surface area contributed by atoms with Crippen molar-refractivity contribution in [2.75, 3.05) is 18.9 Å². The van der Waals surface area contributed by atoms with E-state index in [1.807, 2.05) is 0 Å². The first-order valence-electron chi connectivity index (χ1n) is 6.23. The van der Waals surface area contributed by atoms with Gasteiger partial charge in [0, 0.05) is 24.9 Å². The number of anilines is 1. The molecule has 0 unspecified atom stereocenters. The maximum atomic E-state index is 12.6. The van der Waals surface area contributed by atoms with Crippen molar-refractivity contribution >= 4 is 11.6 Å². The maximum absolute atomic E-state index is 12.6. The van der Waals surface area contributed by atoms with Gasteiger partial charge in [0.25, 0.3) is 5.91 Å². The fourth-order valence-corrected chi connectivity index (χ4v) is 2.03. The highest BCUT2D eigenvalue weighted by Gasteiger charge is 2.31. The standard InChI is InChI=1S/C13H15F3N2O2/c14-13(15,16)8-1-2-11(17)10(7-8)12(19)18-9-3-5-20-6-4-9/h1-2,7,9H,3-6,17H2,(H,18,19). The van der Waals surface area contributed by atoms with Crippen LogP contribution in [0.4, 0.5) is 18.9 Å². The number of carbonyl (C=O) groups excluding carboxylic acids is 1. The zero-order chi connectivity index (χ0) is 14.8. The van der Waals surface area contributed by atoms with E-state index < -0.39 is 17.6 Å². The molecule has 2 rings (SSSR count). The van der Waals surface area contributed by atoms with Gasteiger partial charge in [-0.3, -0.25) is 4.79 Å². The third-order valence-corrected chi connectivity index (χ3v) is 3.18. The quantitative estimate of drug-likeness (QED) is 0.820. The number of alkyl halides is 3. The number of hydrogen-bond acceptors (Lipinski definition) is 3. The summed E-state index contributed by atoms with van der Waals surface area (Å²) >= 11 is 0. The second-order valence-electron chi connectivity index (χ2n) is 4.66. The van der Waals surface area contributed by atoms with Crippen molar-refractivity contribution in [1.82, 2.24) is 5.32 Å². The normalized spacial score (nSPS) is 16.9. The topological polar surface area (TPSA) is 64.4 Å². The first-order valence-corrected chi connectivity index (χ1v) is 6.23. The zero-order valence-corrected chi connectivity index (χ0v) is 10.7. The summed E-state index contributed by atoms with van der Waals surface area (Å²) in [4.78, 5) is 12.0. The van der Waals surface area contributed by atoms with Gasteiger partial charge < -0.3 is 15.8 Å². The molecule has 1 heterocycles. The van der Waals surface area contributed by atoms with Crippen LogP contribution in [0.1, 0.15) is 28.8 Å². The lowest BCUT2D eigenvalue weighted by atomic mass is 10.1. The molecule has 1 aliphatic rings. The first-order chi connectivity index (χ1) is 9.38. The largest absolute Gasteiger partial charge is 0.416 e. The number of amides is 1. The van der Waals surface area contributed by atoms with Crippen molar-refractivity contribution < 1.29 is 22.7 Å². The average molecular weight is 288 g/mol. The number of nitrogen functional groups attached to an aromatic ring is 1. The molecule has 1 aliphatic heterocycles. The van der Waals surface area contributed by atoms with Crippen LogP contribution in [0.5, 0.6) is 0 Å². The zero-order valence-electron chi connectivity index (χ0n) is 10.7. The molecule has 0 radical (unpaired) electrons. The Labute approximate surface area is 114 Å². The number of benzene rings is 1. The highest BCUT2D eigenvalue weighted by molar-refractivity contribution is 5.99. The van der Waals surface area contributed by atoms with E-state index >= 15 is 0 Å². The number of nitrogens with two attached hydrogens (primary N) is 1. The Hall–Kier alpha value is -1.76. The van der Waals surface area contributed by atoms with Gasteiger partial charge in [-0.25, -0.2) is 0 Å². The maximum Gasteiger partial charge on any atom is 0.416 e. The van der Waals surface area contributed by atoms with Crippen LogP contribution in [-0.2, 0) is 10.9 Å². The number of hydrogen-bond donors (Lipinski definition) is 2. The van der Waals surface area contributed by atoms with Crippen molar-refractivity contribution in [1.29, 1.82) is 0 Å². The van der Waals surface area contributed by atoms with Crippen molar-refractivity contribution in [3.8, 4) is 0 Å². The summed E-state index contributed by atoms with van der Waals surface area (Å²) in [5.41, 5.74) is 4.58. The summed E-state index contributed by atoms with van der Waals surface area (Å²) < 4.78 is 43.0. The van der Waals surface area contributed by atoms with Crippen LogP contribution in [0.25, 0.3) is 0 Å². The Morgan fingerprint density at radius 1 is 1.30 bits per heavy atom. The molecular weight excluding hydrogens is 273 g/mol. The van der Waals surface area contributed by atoms with Crippen LogP contribution in [0.3, 0.4) is 0 Å². The lowest BCUT2D eigenvalue weighted by Crippen LogP contribution is -2.39. The molecular formula is C13H15F3N2O2. The second kappa shape index (κ2) is 5.70. The molecule has 20 heavy (non-hydrogen) atoms. The number of nitrogens with one attached hydrogen (secondary N) is 1. The fourth-order valence-electron chi connectivity index (χ4n) is 2.03. The van der Waals surface area contributed by atoms with Gasteiger partial charge in [-0.2, -0.15) is 13.2 Å². The predicted molar refractivity (Wildman–Crippen MR) is 67.2 cm³/mol. The van der Waals surface area contributed by atoms with Gasteiger partial charge in [-0.15, -0.1) is 0 Å². The fraction of sp³-hybridized carbons (Fsp3) is 0.462. The molecule has 0 aliphatic carbocycles. The molecule has 4 nitrogen and oxygen atoms in total. The summed E-state index contributed by atoms with van der Waals surface area (Å²) in [5, 5.41) is 2.69. The summed E-state index contributed by atoms with van der Waals surface area (Å²) in [5.74, 6) is -0.583. The van der Waals surface area contributed by atoms with Gasteiger partial charge in [-0.1, -0.05) is 0 Å². The lowest BCUT2D eigenvalue weighted by molar-refractivity contribution is -0.137. The smallest absolute Gasteiger partial charge is 0.398 e. The molecule has 3 N–H and O–H groups in total. The molecule has 0 atom stereocenters. The Morgan fingerprint density at radius 3 is 2.55 bits per heavy atom. The molecule has 110 valence electrons. The summed E-state index contributed by atoms with van der Waals surface area (Å²) in [6, 6.07) is 2.65. The van der Waals surface area contributed by atoms with Crippen molar-refractivity contribution in [2.45, 2.75) is 25.1 Å². The minimum absolute atomic E-state index is 0.0301. The Bertz CT molecular complexity index is 497. The van der Waals surface area contributed by atoms with E-state index in [1.54, 1.807) is 0 Å². The molecule has 0 aromatic heterocycles. The predicted octanol–water partition coefficient (Wildman–Crippen LogP) is 2.20. The van der Waals surface area contributed by atoms with Crippen molar-refractivity contribution in [3.05, 3.63) is 29.3 Å². The highest BCUT2D eigenvalue weighted by Crippen LogP contribution is 2.31. The van der Waals surface area contributed by atoms with E-state index in [2.05, 4.69) is 5.32 Å². The van der Waals surface area contributed by atoms with E-state index in [0.29, 0.717) is 26.1 Å². The average Bonchev–Trinajstić information content (AvgIpc) is 2.39. The minimum Gasteiger partial charge on any atom is -0.398 e. The second-order valence-corrected chi connectivity index (χ2v) is 4.66. The highest BCUT2D eigenvalue weighted by atomic mass is 19.4. The van der Waals surface area contributed by atoms with Crippen LogP contribution >= 0.6 is 0 Å². The van der Waals surface area contributed by atoms with Gasteiger partial charge in [0.05, 0.1) is 11.1 Å². The third kappa shape index (κ3) is 3.41. The molecule has 0 saturated carbocycles. The van der Waals surface area contributed by atoms with Crippen LogP contribution in [0.15, 0.2) is 18.2 Å². The molecule has 1 fully saturated rings. The van der Waals surface area contributed by atoms with Gasteiger partial charge in [0.2, 0.25) is 0 Å². The van der Waals surface area contributed by atoms with Gasteiger partial charge >= 0.3 is 6.18 Å². The SMILES string of the molecule is Nc1ccc(C(F)(F)F)cc1C(=O)NC1CCOCC1. The Balaban J connectivity index is 2.16. The van der Waals surface area contributed by atoms with Gasteiger partial charge in [0.1, 0.15) is 0 Å². The molecule has 1 saturated heterocycles. The summed E-state index contributed by atoms with van der Waals surface area (Å²) in [6.07, 6.45) is -3.21. The van der Waals surface area contributed by atoms with Crippen LogP contribution < -0.4 is 11.1 Å². The van der Waals surface area contributed by atoms with E-state index in [1.165, 1.54) is 0 Å². The minimum atomic E-state index is -4.50. The van der Waals surface area contributed by atoms with E-state index in [9.17, 15) is 18.0 Å². The molecule has 1 aromatic carbocycles. The van der Waals surface area contributed by atoms with E-state index in [4.69, 9.17) is 10.5 Å². The molecule has 1 aromatic rings. The van der Waals surface area contributed by atoms with E-state index in [-0.39, 0.29) is 17.3 Å². The lowest BCUT2D eigenvalue weighted by Gasteiger charge is -2.23. The van der Waals surface area contributed by atoms with Crippen LogP contribution in [0.2, 0.25) is 0 Å². The number of carbonyl (C=O) groups is 1. The Morgan fingerprint density at radius 2 is 1.95 bits per heavy atom. The number of rotatable bonds is 2. The monoisotopic (exact) mass is 288 g/mol. The third-order valence-electron chi connectivity index (χ3n) is 3.18. The van der Waals surface area contributed by atoms with Crippen LogP contribution in [0, 0.1) is 0 Å². The molecule has 1 amide bonds. The molecule has 0 spiro atoms. The Kier molecular flexibility index (Phi) is 4.17. The number of ether oxygens (including phenoxy) is 1. The number of halogens is 3. The van der Waals surface area contributed by atoms with Gasteiger partial charge in [-0.05, 0) is 31.0 Å². The summed E-state index contributed by atoms with van der Waals surface area (Å²) in [6.45, 7) is 1.06.